The largest absolute Gasteiger partial charge is 0.396 e. The molecule has 0 aliphatic rings. The summed E-state index contributed by atoms with van der Waals surface area (Å²) in [4.78, 5) is 13.7. The van der Waals surface area contributed by atoms with Crippen LogP contribution in [0, 0.1) is 6.92 Å². The lowest BCUT2D eigenvalue weighted by atomic mass is 10.2. The van der Waals surface area contributed by atoms with E-state index < -0.39 is 0 Å². The van der Waals surface area contributed by atoms with Crippen molar-refractivity contribution in [3.63, 3.8) is 0 Å². The minimum atomic E-state index is -0.177. The first-order valence-electron chi connectivity index (χ1n) is 5.41. The van der Waals surface area contributed by atoms with E-state index in [1.165, 1.54) is 0 Å². The fourth-order valence-electron chi connectivity index (χ4n) is 1.44. The summed E-state index contributed by atoms with van der Waals surface area (Å²) < 4.78 is 4.93. The number of aromatic nitrogens is 1. The monoisotopic (exact) mass is 226 g/mol. The van der Waals surface area contributed by atoms with Crippen molar-refractivity contribution in [2.75, 3.05) is 13.2 Å². The fourth-order valence-corrected chi connectivity index (χ4v) is 1.44. The number of carbonyl (C=O) groups excluding carboxylic acids is 1. The molecule has 1 aromatic heterocycles. The number of rotatable bonds is 5. The molecule has 0 fully saturated rings. The fraction of sp³-hybridized carbons (Fsp3) is 0.636. The van der Waals surface area contributed by atoms with E-state index in [2.05, 4.69) is 5.16 Å². The lowest BCUT2D eigenvalue weighted by Crippen LogP contribution is -2.37. The number of carbonyl (C=O) groups is 1. The zero-order valence-corrected chi connectivity index (χ0v) is 9.93. The van der Waals surface area contributed by atoms with Crippen molar-refractivity contribution in [3.8, 4) is 0 Å². The van der Waals surface area contributed by atoms with Crippen LogP contribution >= 0.6 is 0 Å². The standard InChI is InChI=1S/C11H18N2O3/c1-8(2)13(5-4-6-14)11(15)10-7-9(3)12-16-10/h7-8,14H,4-6H2,1-3H3. The molecule has 5 heteroatoms. The molecule has 0 aliphatic heterocycles. The van der Waals surface area contributed by atoms with Crippen molar-refractivity contribution >= 4 is 5.91 Å². The summed E-state index contributed by atoms with van der Waals surface area (Å²) in [6, 6.07) is 1.70. The Kier molecular flexibility index (Phi) is 4.49. The molecule has 5 nitrogen and oxygen atoms in total. The van der Waals surface area contributed by atoms with Gasteiger partial charge in [0.05, 0.1) is 5.69 Å². The van der Waals surface area contributed by atoms with Gasteiger partial charge < -0.3 is 14.5 Å². The predicted molar refractivity (Wildman–Crippen MR) is 59.1 cm³/mol. The molecule has 1 aromatic rings. The summed E-state index contributed by atoms with van der Waals surface area (Å²) in [6.45, 7) is 6.23. The molecular formula is C11H18N2O3. The molecule has 0 spiro atoms. The average Bonchev–Trinajstić information content (AvgIpc) is 2.64. The summed E-state index contributed by atoms with van der Waals surface area (Å²) in [7, 11) is 0. The van der Waals surface area contributed by atoms with Crippen LogP contribution in [0.4, 0.5) is 0 Å². The van der Waals surface area contributed by atoms with Crippen LogP contribution in [0.15, 0.2) is 10.6 Å². The van der Waals surface area contributed by atoms with Gasteiger partial charge in [0.2, 0.25) is 5.76 Å². The Bertz CT molecular complexity index is 347. The number of aryl methyl sites for hydroxylation is 1. The maximum atomic E-state index is 12.0. The van der Waals surface area contributed by atoms with Crippen LogP contribution < -0.4 is 0 Å². The molecule has 0 aromatic carbocycles. The number of aliphatic hydroxyl groups is 1. The highest BCUT2D eigenvalue weighted by Gasteiger charge is 2.21. The van der Waals surface area contributed by atoms with Crippen LogP contribution in [0.3, 0.4) is 0 Å². The third-order valence-corrected chi connectivity index (χ3v) is 2.28. The van der Waals surface area contributed by atoms with Gasteiger partial charge in [-0.1, -0.05) is 5.16 Å². The third kappa shape index (κ3) is 3.06. The second-order valence-corrected chi connectivity index (χ2v) is 4.00. The predicted octanol–water partition coefficient (Wildman–Crippen LogP) is 1.22. The molecule has 0 saturated heterocycles. The highest BCUT2D eigenvalue weighted by atomic mass is 16.5. The molecule has 1 rings (SSSR count). The SMILES string of the molecule is Cc1cc(C(=O)N(CCCO)C(C)C)on1. The molecular weight excluding hydrogens is 208 g/mol. The van der Waals surface area contributed by atoms with Crippen molar-refractivity contribution in [1.82, 2.24) is 10.1 Å². The van der Waals surface area contributed by atoms with Crippen LogP contribution in [0.1, 0.15) is 36.5 Å². The maximum absolute atomic E-state index is 12.0. The molecule has 0 saturated carbocycles. The first kappa shape index (κ1) is 12.7. The van der Waals surface area contributed by atoms with Crippen LogP contribution in [-0.2, 0) is 0 Å². The van der Waals surface area contributed by atoms with Gasteiger partial charge in [0, 0.05) is 25.3 Å². The van der Waals surface area contributed by atoms with E-state index in [-0.39, 0.29) is 24.3 Å². The van der Waals surface area contributed by atoms with Crippen LogP contribution in [0.5, 0.6) is 0 Å². The van der Waals surface area contributed by atoms with E-state index in [0.29, 0.717) is 18.7 Å². The second kappa shape index (κ2) is 5.65. The van der Waals surface area contributed by atoms with Gasteiger partial charge >= 0.3 is 0 Å². The van der Waals surface area contributed by atoms with E-state index in [4.69, 9.17) is 9.63 Å². The number of hydrogen-bond donors (Lipinski definition) is 1. The van der Waals surface area contributed by atoms with Crippen LogP contribution in [-0.4, -0.2) is 40.3 Å². The van der Waals surface area contributed by atoms with Gasteiger partial charge in [-0.25, -0.2) is 0 Å². The number of amides is 1. The summed E-state index contributed by atoms with van der Waals surface area (Å²) in [6.07, 6.45) is 0.567. The van der Waals surface area contributed by atoms with Crippen molar-refractivity contribution in [1.29, 1.82) is 0 Å². The highest BCUT2D eigenvalue weighted by molar-refractivity contribution is 5.91. The van der Waals surface area contributed by atoms with Crippen molar-refractivity contribution in [3.05, 3.63) is 17.5 Å². The van der Waals surface area contributed by atoms with Gasteiger partial charge in [-0.05, 0) is 27.2 Å². The number of aliphatic hydroxyl groups excluding tert-OH is 1. The number of nitrogens with zero attached hydrogens (tertiary/aromatic N) is 2. The van der Waals surface area contributed by atoms with Gasteiger partial charge in [0.1, 0.15) is 0 Å². The molecule has 0 unspecified atom stereocenters. The second-order valence-electron chi connectivity index (χ2n) is 4.00. The summed E-state index contributed by atoms with van der Waals surface area (Å²) in [5, 5.41) is 12.5. The lowest BCUT2D eigenvalue weighted by molar-refractivity contribution is 0.0650. The average molecular weight is 226 g/mol. The smallest absolute Gasteiger partial charge is 0.292 e. The molecule has 0 bridgehead atoms. The lowest BCUT2D eigenvalue weighted by Gasteiger charge is -2.25. The molecule has 1 heterocycles. The molecule has 0 radical (unpaired) electrons. The minimum absolute atomic E-state index is 0.0736. The van der Waals surface area contributed by atoms with E-state index in [1.54, 1.807) is 17.9 Å². The summed E-state index contributed by atoms with van der Waals surface area (Å²) in [5.74, 6) is 0.0770. The Morgan fingerprint density at radius 1 is 1.62 bits per heavy atom. The highest BCUT2D eigenvalue weighted by Crippen LogP contribution is 2.10. The van der Waals surface area contributed by atoms with Crippen molar-refractivity contribution < 1.29 is 14.4 Å². The molecule has 0 aliphatic carbocycles. The van der Waals surface area contributed by atoms with Crippen molar-refractivity contribution in [2.45, 2.75) is 33.2 Å². The van der Waals surface area contributed by atoms with Gasteiger partial charge in [-0.2, -0.15) is 0 Å². The van der Waals surface area contributed by atoms with Crippen LogP contribution in [0.25, 0.3) is 0 Å². The minimum Gasteiger partial charge on any atom is -0.396 e. The number of hydrogen-bond acceptors (Lipinski definition) is 4. The van der Waals surface area contributed by atoms with Gasteiger partial charge in [0.25, 0.3) is 5.91 Å². The Balaban J connectivity index is 2.74. The Labute approximate surface area is 95.0 Å². The van der Waals surface area contributed by atoms with Gasteiger partial charge in [-0.3, -0.25) is 4.79 Å². The first-order valence-corrected chi connectivity index (χ1v) is 5.41. The van der Waals surface area contributed by atoms with E-state index in [0.717, 1.165) is 0 Å². The van der Waals surface area contributed by atoms with Crippen LogP contribution in [0.2, 0.25) is 0 Å². The topological polar surface area (TPSA) is 66.6 Å². The van der Waals surface area contributed by atoms with Gasteiger partial charge in [0.15, 0.2) is 0 Å². The zero-order chi connectivity index (χ0) is 12.1. The van der Waals surface area contributed by atoms with E-state index in [1.807, 2.05) is 13.8 Å². The molecule has 90 valence electrons. The Morgan fingerprint density at radius 2 is 2.31 bits per heavy atom. The summed E-state index contributed by atoms with van der Waals surface area (Å²) >= 11 is 0. The van der Waals surface area contributed by atoms with E-state index in [9.17, 15) is 4.79 Å². The Morgan fingerprint density at radius 3 is 2.75 bits per heavy atom. The molecule has 16 heavy (non-hydrogen) atoms. The molecule has 1 N–H and O–H groups in total. The zero-order valence-electron chi connectivity index (χ0n) is 9.93. The van der Waals surface area contributed by atoms with Crippen molar-refractivity contribution in [2.24, 2.45) is 0 Å². The quantitative estimate of drug-likeness (QED) is 0.819. The first-order chi connectivity index (χ1) is 7.56. The molecule has 0 atom stereocenters. The molecule has 1 amide bonds. The van der Waals surface area contributed by atoms with E-state index >= 15 is 0 Å². The Hall–Kier alpha value is -1.36. The maximum Gasteiger partial charge on any atom is 0.292 e. The van der Waals surface area contributed by atoms with Gasteiger partial charge in [-0.15, -0.1) is 0 Å². The normalized spacial score (nSPS) is 10.8. The third-order valence-electron chi connectivity index (χ3n) is 2.28. The summed E-state index contributed by atoms with van der Waals surface area (Å²) in [5.41, 5.74) is 0.689.